The van der Waals surface area contributed by atoms with Crippen LogP contribution in [0.3, 0.4) is 0 Å². The average Bonchev–Trinajstić information content (AvgIpc) is 2.57. The monoisotopic (exact) mass is 253 g/mol. The molecule has 0 spiro atoms. The van der Waals surface area contributed by atoms with E-state index >= 15 is 0 Å². The molecule has 0 radical (unpaired) electrons. The number of hydrogen-bond acceptors (Lipinski definition) is 1. The Morgan fingerprint density at radius 1 is 1.06 bits per heavy atom. The van der Waals surface area contributed by atoms with Crippen LogP contribution in [0.5, 0.6) is 0 Å². The Bertz CT molecular complexity index is 364. The van der Waals surface area contributed by atoms with Gasteiger partial charge in [-0.05, 0) is 31.9 Å². The van der Waals surface area contributed by atoms with Gasteiger partial charge < -0.3 is 5.32 Å². The van der Waals surface area contributed by atoms with E-state index in [-0.39, 0.29) is 11.6 Å². The Morgan fingerprint density at radius 2 is 1.61 bits per heavy atom. The van der Waals surface area contributed by atoms with Crippen molar-refractivity contribution in [2.24, 2.45) is 0 Å². The van der Waals surface area contributed by atoms with Crippen LogP contribution in [0.25, 0.3) is 0 Å². The minimum atomic E-state index is -0.455. The molecule has 1 aromatic carbocycles. The molecule has 0 aromatic heterocycles. The second-order valence-corrected chi connectivity index (χ2v) is 5.21. The molecule has 1 unspecified atom stereocenters. The molecule has 100 valence electrons. The molecule has 2 rings (SSSR count). The topological polar surface area (TPSA) is 12.0 Å². The number of hydrogen-bond donors (Lipinski definition) is 1. The number of benzene rings is 1. The number of halogens is 2. The molecule has 1 aliphatic rings. The van der Waals surface area contributed by atoms with E-state index in [1.807, 2.05) is 6.92 Å². The van der Waals surface area contributed by atoms with Gasteiger partial charge in [0.25, 0.3) is 0 Å². The van der Waals surface area contributed by atoms with Gasteiger partial charge in [-0.25, -0.2) is 8.78 Å². The Morgan fingerprint density at radius 3 is 2.17 bits per heavy atom. The van der Waals surface area contributed by atoms with Gasteiger partial charge in [-0.1, -0.05) is 31.7 Å². The number of nitrogens with one attached hydrogen (secondary N) is 1. The zero-order valence-electron chi connectivity index (χ0n) is 10.9. The molecule has 1 aliphatic carbocycles. The van der Waals surface area contributed by atoms with Crippen LogP contribution in [0.1, 0.15) is 57.1 Å². The molecule has 3 heteroatoms. The molecule has 1 atom stereocenters. The summed E-state index contributed by atoms with van der Waals surface area (Å²) in [6, 6.07) is 4.18. The van der Waals surface area contributed by atoms with Crippen LogP contribution < -0.4 is 5.32 Å². The highest BCUT2D eigenvalue weighted by Crippen LogP contribution is 2.24. The maximum Gasteiger partial charge on any atom is 0.130 e. The van der Waals surface area contributed by atoms with E-state index in [1.165, 1.54) is 43.9 Å². The molecule has 0 saturated heterocycles. The van der Waals surface area contributed by atoms with Crippen molar-refractivity contribution in [1.82, 2.24) is 5.32 Å². The largest absolute Gasteiger partial charge is 0.307 e. The smallest absolute Gasteiger partial charge is 0.130 e. The first-order valence-corrected chi connectivity index (χ1v) is 6.88. The summed E-state index contributed by atoms with van der Waals surface area (Å²) in [7, 11) is 0. The van der Waals surface area contributed by atoms with Crippen LogP contribution in [-0.4, -0.2) is 6.04 Å². The molecule has 18 heavy (non-hydrogen) atoms. The van der Waals surface area contributed by atoms with Crippen LogP contribution in [0.4, 0.5) is 8.78 Å². The van der Waals surface area contributed by atoms with Gasteiger partial charge in [0.15, 0.2) is 0 Å². The maximum absolute atomic E-state index is 13.7. The van der Waals surface area contributed by atoms with Crippen molar-refractivity contribution in [1.29, 1.82) is 0 Å². The van der Waals surface area contributed by atoms with Gasteiger partial charge in [-0.2, -0.15) is 0 Å². The lowest BCUT2D eigenvalue weighted by Gasteiger charge is -2.23. The third-order valence-electron chi connectivity index (χ3n) is 3.77. The van der Waals surface area contributed by atoms with Crippen LogP contribution in [0, 0.1) is 11.6 Å². The predicted octanol–water partition coefficient (Wildman–Crippen LogP) is 4.34. The number of rotatable bonds is 3. The maximum atomic E-state index is 13.7. The molecule has 0 heterocycles. The van der Waals surface area contributed by atoms with E-state index in [4.69, 9.17) is 0 Å². The fraction of sp³-hybridized carbons (Fsp3) is 0.600. The Hall–Kier alpha value is -0.960. The molecular formula is C15H21F2N. The summed E-state index contributed by atoms with van der Waals surface area (Å²) in [5, 5.41) is 3.38. The van der Waals surface area contributed by atoms with E-state index in [9.17, 15) is 8.78 Å². The van der Waals surface area contributed by atoms with Gasteiger partial charge in [0.05, 0.1) is 0 Å². The molecule has 0 amide bonds. The molecule has 0 aliphatic heterocycles. The Labute approximate surface area is 108 Å². The van der Waals surface area contributed by atoms with Gasteiger partial charge in [0, 0.05) is 17.6 Å². The standard InChI is InChI=1S/C15H21F2N/c1-11(15-13(16)9-6-10-14(15)17)18-12-7-4-2-3-5-8-12/h6,9-12,18H,2-5,7-8H2,1H3. The van der Waals surface area contributed by atoms with Gasteiger partial charge in [0.2, 0.25) is 0 Å². The molecule has 1 saturated carbocycles. The summed E-state index contributed by atoms with van der Waals surface area (Å²) < 4.78 is 27.3. The summed E-state index contributed by atoms with van der Waals surface area (Å²) in [5.41, 5.74) is 0.168. The second-order valence-electron chi connectivity index (χ2n) is 5.21. The van der Waals surface area contributed by atoms with Crippen molar-refractivity contribution in [3.05, 3.63) is 35.4 Å². The first kappa shape index (κ1) is 13.5. The minimum Gasteiger partial charge on any atom is -0.307 e. The SMILES string of the molecule is CC(NC1CCCCCC1)c1c(F)cccc1F. The molecule has 1 N–H and O–H groups in total. The lowest BCUT2D eigenvalue weighted by Crippen LogP contribution is -2.32. The quantitative estimate of drug-likeness (QED) is 0.790. The van der Waals surface area contributed by atoms with Gasteiger partial charge >= 0.3 is 0 Å². The summed E-state index contributed by atoms with van der Waals surface area (Å²) in [6.45, 7) is 1.84. The predicted molar refractivity (Wildman–Crippen MR) is 69.4 cm³/mol. The van der Waals surface area contributed by atoms with Crippen molar-refractivity contribution in [2.45, 2.75) is 57.5 Å². The summed E-state index contributed by atoms with van der Waals surface area (Å²) in [6.07, 6.45) is 7.20. The van der Waals surface area contributed by atoms with Crippen molar-refractivity contribution < 1.29 is 8.78 Å². The summed E-state index contributed by atoms with van der Waals surface area (Å²) in [5.74, 6) is -0.910. The zero-order chi connectivity index (χ0) is 13.0. The van der Waals surface area contributed by atoms with E-state index in [0.717, 1.165) is 12.8 Å². The molecular weight excluding hydrogens is 232 g/mol. The van der Waals surface area contributed by atoms with Gasteiger partial charge in [-0.3, -0.25) is 0 Å². The van der Waals surface area contributed by atoms with Gasteiger partial charge in [0.1, 0.15) is 11.6 Å². The molecule has 1 aromatic rings. The average molecular weight is 253 g/mol. The fourth-order valence-corrected chi connectivity index (χ4v) is 2.81. The zero-order valence-corrected chi connectivity index (χ0v) is 10.9. The Kier molecular flexibility index (Phi) is 4.70. The highest BCUT2D eigenvalue weighted by Gasteiger charge is 2.20. The van der Waals surface area contributed by atoms with Crippen molar-refractivity contribution in [3.63, 3.8) is 0 Å². The molecule has 1 fully saturated rings. The lowest BCUT2D eigenvalue weighted by molar-refractivity contribution is 0.395. The second kappa shape index (κ2) is 6.28. The highest BCUT2D eigenvalue weighted by molar-refractivity contribution is 5.22. The highest BCUT2D eigenvalue weighted by atomic mass is 19.1. The van der Waals surface area contributed by atoms with Crippen LogP contribution in [-0.2, 0) is 0 Å². The van der Waals surface area contributed by atoms with Crippen molar-refractivity contribution in [3.8, 4) is 0 Å². The summed E-state index contributed by atoms with van der Waals surface area (Å²) >= 11 is 0. The van der Waals surface area contributed by atoms with E-state index in [0.29, 0.717) is 6.04 Å². The molecule has 0 bridgehead atoms. The lowest BCUT2D eigenvalue weighted by atomic mass is 10.0. The van der Waals surface area contributed by atoms with Crippen LogP contribution >= 0.6 is 0 Å². The van der Waals surface area contributed by atoms with E-state index in [2.05, 4.69) is 5.32 Å². The van der Waals surface area contributed by atoms with Gasteiger partial charge in [-0.15, -0.1) is 0 Å². The fourth-order valence-electron chi connectivity index (χ4n) is 2.81. The van der Waals surface area contributed by atoms with Crippen molar-refractivity contribution >= 4 is 0 Å². The van der Waals surface area contributed by atoms with Crippen LogP contribution in [0.2, 0.25) is 0 Å². The third kappa shape index (κ3) is 3.29. The van der Waals surface area contributed by atoms with Crippen LogP contribution in [0.15, 0.2) is 18.2 Å². The minimum absolute atomic E-state index is 0.168. The third-order valence-corrected chi connectivity index (χ3v) is 3.77. The van der Waals surface area contributed by atoms with E-state index < -0.39 is 11.6 Å². The first-order chi connectivity index (χ1) is 8.68. The molecule has 1 nitrogen and oxygen atoms in total. The summed E-state index contributed by atoms with van der Waals surface area (Å²) in [4.78, 5) is 0. The normalized spacial score (nSPS) is 19.5. The Balaban J connectivity index is 2.04. The van der Waals surface area contributed by atoms with E-state index in [1.54, 1.807) is 0 Å². The van der Waals surface area contributed by atoms with Crippen molar-refractivity contribution in [2.75, 3.05) is 0 Å². The first-order valence-electron chi connectivity index (χ1n) is 6.88.